The van der Waals surface area contributed by atoms with Crippen molar-refractivity contribution in [3.05, 3.63) is 180 Å². The number of rotatable bonds is 2. The van der Waals surface area contributed by atoms with Crippen molar-refractivity contribution in [2.75, 3.05) is 0 Å². The Balaban J connectivity index is 1.16. The summed E-state index contributed by atoms with van der Waals surface area (Å²) in [4.78, 5) is 0. The van der Waals surface area contributed by atoms with Crippen LogP contribution in [0.2, 0.25) is 0 Å². The monoisotopic (exact) mass is 730 g/mol. The van der Waals surface area contributed by atoms with Gasteiger partial charge < -0.3 is 13.6 Å². The average Bonchev–Trinajstić information content (AvgIpc) is 3.95. The highest BCUT2D eigenvalue weighted by atomic mass is 16.3. The van der Waals surface area contributed by atoms with Gasteiger partial charge in [-0.2, -0.15) is 0 Å². The van der Waals surface area contributed by atoms with Gasteiger partial charge in [0.15, 0.2) is 0 Å². The minimum absolute atomic E-state index is 0.0980. The van der Waals surface area contributed by atoms with Crippen molar-refractivity contribution in [1.82, 2.24) is 9.13 Å². The van der Waals surface area contributed by atoms with Crippen LogP contribution in [0.25, 0.3) is 99.2 Å². The van der Waals surface area contributed by atoms with E-state index in [1.54, 1.807) is 0 Å². The summed E-state index contributed by atoms with van der Waals surface area (Å²) in [7, 11) is 0. The number of nitrogens with zero attached hydrogens (tertiary/aromatic N) is 2. The van der Waals surface area contributed by atoms with E-state index in [4.69, 9.17) is 4.42 Å². The zero-order valence-corrected chi connectivity index (χ0v) is 32.3. The van der Waals surface area contributed by atoms with Gasteiger partial charge in [-0.25, -0.2) is 0 Å². The van der Waals surface area contributed by atoms with E-state index in [1.165, 1.54) is 105 Å². The summed E-state index contributed by atoms with van der Waals surface area (Å²) in [5.41, 5.74) is 19.4. The second kappa shape index (κ2) is 10.5. The predicted molar refractivity (Wildman–Crippen MR) is 238 cm³/mol. The number of hydrogen-bond acceptors (Lipinski definition) is 1. The molecule has 1 aliphatic heterocycles. The van der Waals surface area contributed by atoms with Gasteiger partial charge in [-0.15, -0.1) is 0 Å². The Labute approximate surface area is 330 Å². The van der Waals surface area contributed by atoms with E-state index >= 15 is 0 Å². The third-order valence-electron chi connectivity index (χ3n) is 13.6. The van der Waals surface area contributed by atoms with E-state index in [9.17, 15) is 0 Å². The largest absolute Gasteiger partial charge is 0.455 e. The number of para-hydroxylation sites is 4. The molecule has 3 nitrogen and oxygen atoms in total. The van der Waals surface area contributed by atoms with Crippen molar-refractivity contribution < 1.29 is 4.42 Å². The lowest BCUT2D eigenvalue weighted by atomic mass is 9.75. The molecule has 0 saturated heterocycles. The molecule has 0 N–H and O–H groups in total. The van der Waals surface area contributed by atoms with Crippen molar-refractivity contribution >= 4 is 65.6 Å². The molecule has 0 atom stereocenters. The lowest BCUT2D eigenvalue weighted by Crippen LogP contribution is -2.26. The Morgan fingerprint density at radius 1 is 0.456 bits per heavy atom. The highest BCUT2D eigenvalue weighted by Gasteiger charge is 2.41. The molecule has 0 unspecified atom stereocenters. The zero-order valence-electron chi connectivity index (χ0n) is 32.3. The van der Waals surface area contributed by atoms with Gasteiger partial charge in [0.1, 0.15) is 11.2 Å². The molecule has 0 amide bonds. The van der Waals surface area contributed by atoms with Crippen LogP contribution < -0.4 is 0 Å². The normalized spacial score (nSPS) is 14.9. The maximum absolute atomic E-state index is 7.05. The van der Waals surface area contributed by atoms with Gasteiger partial charge in [0.2, 0.25) is 0 Å². The fourth-order valence-corrected chi connectivity index (χ4v) is 11.1. The smallest absolute Gasteiger partial charge is 0.145 e. The van der Waals surface area contributed by atoms with Gasteiger partial charge >= 0.3 is 0 Å². The van der Waals surface area contributed by atoms with Crippen LogP contribution >= 0.6 is 0 Å². The third-order valence-corrected chi connectivity index (χ3v) is 13.6. The molecule has 13 rings (SSSR count). The van der Waals surface area contributed by atoms with Crippen molar-refractivity contribution in [3.8, 4) is 33.6 Å². The average molecular weight is 731 g/mol. The molecule has 3 aromatic heterocycles. The molecule has 8 aromatic carbocycles. The van der Waals surface area contributed by atoms with E-state index in [1.807, 2.05) is 0 Å². The molecule has 3 heteroatoms. The molecule has 0 bridgehead atoms. The summed E-state index contributed by atoms with van der Waals surface area (Å²) < 4.78 is 12.0. The van der Waals surface area contributed by atoms with E-state index in [-0.39, 0.29) is 10.8 Å². The van der Waals surface area contributed by atoms with Crippen LogP contribution in [-0.4, -0.2) is 9.13 Å². The van der Waals surface area contributed by atoms with Crippen LogP contribution in [0.4, 0.5) is 0 Å². The Morgan fingerprint density at radius 3 is 1.93 bits per heavy atom. The molecule has 0 fully saturated rings. The topological polar surface area (TPSA) is 23.0 Å². The molecule has 1 aliphatic carbocycles. The molecule has 0 radical (unpaired) electrons. The minimum atomic E-state index is -0.222. The summed E-state index contributed by atoms with van der Waals surface area (Å²) in [6.07, 6.45) is 0. The van der Waals surface area contributed by atoms with Crippen LogP contribution in [0.1, 0.15) is 49.9 Å². The Bertz CT molecular complexity index is 3570. The number of benzene rings is 8. The first-order valence-corrected chi connectivity index (χ1v) is 20.1. The van der Waals surface area contributed by atoms with Gasteiger partial charge in [0.25, 0.3) is 0 Å². The molecule has 2 aliphatic rings. The van der Waals surface area contributed by atoms with E-state index in [0.29, 0.717) is 0 Å². The van der Waals surface area contributed by atoms with E-state index < -0.39 is 0 Å². The van der Waals surface area contributed by atoms with Gasteiger partial charge in [0.05, 0.1) is 33.1 Å². The first-order chi connectivity index (χ1) is 27.8. The Morgan fingerprint density at radius 2 is 1.11 bits per heavy atom. The summed E-state index contributed by atoms with van der Waals surface area (Å²) in [5.74, 6) is 0. The lowest BCUT2D eigenvalue weighted by molar-refractivity contribution is 0.630. The fourth-order valence-electron chi connectivity index (χ4n) is 11.1. The van der Waals surface area contributed by atoms with Gasteiger partial charge in [-0.05, 0) is 87.5 Å². The molecule has 4 heterocycles. The number of hydrogen-bond donors (Lipinski definition) is 0. The standard InChI is InChI=1S/C54H38N2O/c1-53(2)40-21-11-12-23-44(40)56-42-27-25-31(29-37(42)34-19-14-22-41(53)50(34)56)32-26-28-43-38(30-32)48-51(55(43)33-15-6-5-7-16-33)46-35-17-8-10-20-39(35)54(3,4)49(46)47-36-18-9-13-24-45(36)57-52(47)48/h5-30H,1-4H3. The van der Waals surface area contributed by atoms with Gasteiger partial charge in [-0.3, -0.25) is 0 Å². The Kier molecular flexibility index (Phi) is 5.78. The van der Waals surface area contributed by atoms with E-state index in [0.717, 1.165) is 16.9 Å². The summed E-state index contributed by atoms with van der Waals surface area (Å²) in [5, 5.41) is 7.34. The van der Waals surface area contributed by atoms with Crippen molar-refractivity contribution in [1.29, 1.82) is 0 Å². The molecule has 57 heavy (non-hydrogen) atoms. The van der Waals surface area contributed by atoms with Gasteiger partial charge in [-0.1, -0.05) is 137 Å². The third kappa shape index (κ3) is 3.78. The predicted octanol–water partition coefficient (Wildman–Crippen LogP) is 14.4. The molecule has 11 aromatic rings. The van der Waals surface area contributed by atoms with Crippen molar-refractivity contribution in [2.45, 2.75) is 38.5 Å². The van der Waals surface area contributed by atoms with Crippen LogP contribution in [0, 0.1) is 0 Å². The highest BCUT2D eigenvalue weighted by Crippen LogP contribution is 2.58. The van der Waals surface area contributed by atoms with Crippen LogP contribution in [0.3, 0.4) is 0 Å². The second-order valence-electron chi connectivity index (χ2n) is 17.3. The quantitative estimate of drug-likeness (QED) is 0.174. The first kappa shape index (κ1) is 31.4. The minimum Gasteiger partial charge on any atom is -0.455 e. The van der Waals surface area contributed by atoms with Crippen LogP contribution in [0.5, 0.6) is 0 Å². The Hall–Kier alpha value is -6.84. The van der Waals surface area contributed by atoms with Crippen LogP contribution in [0.15, 0.2) is 162 Å². The lowest BCUT2D eigenvalue weighted by Gasteiger charge is -2.34. The highest BCUT2D eigenvalue weighted by molar-refractivity contribution is 6.30. The second-order valence-corrected chi connectivity index (χ2v) is 17.3. The molecule has 0 saturated carbocycles. The zero-order chi connectivity index (χ0) is 37.9. The number of aromatic nitrogens is 2. The fraction of sp³-hybridized carbons (Fsp3) is 0.111. The van der Waals surface area contributed by atoms with Crippen molar-refractivity contribution in [2.24, 2.45) is 0 Å². The summed E-state index contributed by atoms with van der Waals surface area (Å²) in [6.45, 7) is 9.49. The maximum atomic E-state index is 7.05. The maximum Gasteiger partial charge on any atom is 0.145 e. The summed E-state index contributed by atoms with van der Waals surface area (Å²) >= 11 is 0. The molecule has 0 spiro atoms. The molecule has 270 valence electrons. The van der Waals surface area contributed by atoms with E-state index in [2.05, 4.69) is 195 Å². The van der Waals surface area contributed by atoms with Crippen LogP contribution in [-0.2, 0) is 10.8 Å². The molecular formula is C54H38N2O. The number of fused-ring (bicyclic) bond motifs is 17. The van der Waals surface area contributed by atoms with Gasteiger partial charge in [0, 0.05) is 49.0 Å². The first-order valence-electron chi connectivity index (χ1n) is 20.1. The number of furan rings is 1. The SMILES string of the molecule is CC1(C)c2ccccc2-c2c1c1c3ccccc3oc1c1c3cc(-c4ccc5c(c4)c4cccc6c4n5-c4ccccc4C6(C)C)ccc3n(-c3ccccc3)c21. The molecular weight excluding hydrogens is 693 g/mol. The summed E-state index contributed by atoms with van der Waals surface area (Å²) in [6, 6.07) is 58.4. The van der Waals surface area contributed by atoms with Crippen molar-refractivity contribution in [3.63, 3.8) is 0 Å².